The van der Waals surface area contributed by atoms with Crippen molar-refractivity contribution in [3.05, 3.63) is 53.1 Å². The number of aryl methyl sites for hydroxylation is 1. The highest BCUT2D eigenvalue weighted by Gasteiger charge is 2.21. The zero-order valence-electron chi connectivity index (χ0n) is 18.7. The largest absolute Gasteiger partial charge is 0.768 e. The van der Waals surface area contributed by atoms with Crippen molar-refractivity contribution in [3.8, 4) is 0 Å². The second-order valence-corrected chi connectivity index (χ2v) is 10.5. The fourth-order valence-corrected chi connectivity index (χ4v) is 5.04. The minimum atomic E-state index is -4.20. The number of carbonyl (C=O) groups excluding carboxylic acids is 1. The molecule has 1 amide bonds. The fourth-order valence-electron chi connectivity index (χ4n) is 2.79. The van der Waals surface area contributed by atoms with Gasteiger partial charge in [0, 0.05) is 23.0 Å². The Morgan fingerprint density at radius 2 is 1.79 bits per heavy atom. The number of hydrogen-bond donors (Lipinski definition) is 3. The molecule has 0 aliphatic rings. The highest BCUT2D eigenvalue weighted by molar-refractivity contribution is 7.90. The molecule has 33 heavy (non-hydrogen) atoms. The zero-order chi connectivity index (χ0) is 24.8. The molecule has 2 aromatic rings. The Balaban J connectivity index is 2.53. The molecule has 1 atom stereocenters. The highest BCUT2D eigenvalue weighted by atomic mass is 32.2. The molecule has 0 bridgehead atoms. The molecule has 0 aliphatic heterocycles. The molecule has 1 unspecified atom stereocenters. The van der Waals surface area contributed by atoms with Crippen LogP contribution in [0.1, 0.15) is 43.9 Å². The number of hydrogen-bond acceptors (Lipinski definition) is 6. The van der Waals surface area contributed by atoms with E-state index in [9.17, 15) is 22.0 Å². The van der Waals surface area contributed by atoms with Gasteiger partial charge in [0.25, 0.3) is 10.0 Å². The molecule has 0 fully saturated rings. The van der Waals surface area contributed by atoms with Gasteiger partial charge in [-0.15, -0.1) is 0 Å². The molecule has 11 heteroatoms. The van der Waals surface area contributed by atoms with Crippen molar-refractivity contribution in [2.45, 2.75) is 49.9 Å². The normalized spacial score (nSPS) is 12.5. The summed E-state index contributed by atoms with van der Waals surface area (Å²) in [6.07, 6.45) is 2.99. The van der Waals surface area contributed by atoms with Gasteiger partial charge in [0.05, 0.1) is 4.90 Å². The van der Waals surface area contributed by atoms with E-state index in [1.807, 2.05) is 18.6 Å². The Bertz CT molecular complexity index is 1210. The lowest BCUT2D eigenvalue weighted by Gasteiger charge is -2.15. The first-order valence-corrected chi connectivity index (χ1v) is 13.0. The van der Waals surface area contributed by atoms with E-state index in [0.717, 1.165) is 5.56 Å². The fraction of sp³-hybridized carbons (Fsp3) is 0.273. The first kappa shape index (κ1) is 26.7. The molecule has 2 aromatic carbocycles. The van der Waals surface area contributed by atoms with Gasteiger partial charge in [0.15, 0.2) is 5.11 Å². The quantitative estimate of drug-likeness (QED) is 0.282. The van der Waals surface area contributed by atoms with Crippen LogP contribution in [0.5, 0.6) is 0 Å². The maximum atomic E-state index is 12.9. The zero-order valence-corrected chi connectivity index (χ0v) is 21.1. The van der Waals surface area contributed by atoms with Crippen molar-refractivity contribution in [2.24, 2.45) is 0 Å². The summed E-state index contributed by atoms with van der Waals surface area (Å²) in [6, 6.07) is 9.54. The van der Waals surface area contributed by atoms with Gasteiger partial charge in [-0.1, -0.05) is 37.3 Å². The lowest BCUT2D eigenvalue weighted by molar-refractivity contribution is -0.119. The van der Waals surface area contributed by atoms with E-state index in [1.54, 1.807) is 38.1 Å². The van der Waals surface area contributed by atoms with Crippen LogP contribution in [0.25, 0.3) is 12.2 Å². The van der Waals surface area contributed by atoms with Crippen LogP contribution in [0.4, 0.5) is 5.69 Å². The van der Waals surface area contributed by atoms with Crippen LogP contribution in [-0.2, 0) is 25.9 Å². The summed E-state index contributed by atoms with van der Waals surface area (Å²) in [4.78, 5) is 11.7. The third-order valence-corrected chi connectivity index (χ3v) is 6.70. The van der Waals surface area contributed by atoms with Crippen LogP contribution in [0, 0.1) is 6.92 Å². The molecule has 0 aliphatic carbocycles. The summed E-state index contributed by atoms with van der Waals surface area (Å²) < 4.78 is 51.1. The topological polar surface area (TPSA) is 127 Å². The van der Waals surface area contributed by atoms with Gasteiger partial charge in [0.2, 0.25) is 5.91 Å². The summed E-state index contributed by atoms with van der Waals surface area (Å²) in [5.74, 6) is -0.650. The van der Waals surface area contributed by atoms with E-state index >= 15 is 0 Å². The van der Waals surface area contributed by atoms with E-state index in [-0.39, 0.29) is 27.8 Å². The van der Waals surface area contributed by atoms with Crippen LogP contribution < -0.4 is 15.4 Å². The second kappa shape index (κ2) is 11.5. The Morgan fingerprint density at radius 1 is 1.15 bits per heavy atom. The highest BCUT2D eigenvalue weighted by Crippen LogP contribution is 2.25. The predicted molar refractivity (Wildman–Crippen MR) is 134 cm³/mol. The standard InChI is InChI=1S/C22H27N3O5S3/c1-5-21(26)25-33(29,30)20-13-18(24-22(31)23-14(2)3)11-10-17(20)9-8-16-7-6-15(4)12-19(16)32(27)28/h6-14H,5H2,1-4H3,(H,25,26)(H,27,28)(H2,23,24,31)/p-1/b9-8+. The molecule has 2 rings (SSSR count). The SMILES string of the molecule is CCC(=O)NS(=O)(=O)c1cc(NC(=S)NC(C)C)ccc1/C=C/c1ccc(C)cc1S(=O)[O-]. The Hall–Kier alpha value is -2.60. The average Bonchev–Trinajstić information content (AvgIpc) is 2.72. The van der Waals surface area contributed by atoms with Crippen LogP contribution >= 0.6 is 12.2 Å². The maximum absolute atomic E-state index is 12.9. The Morgan fingerprint density at radius 3 is 2.39 bits per heavy atom. The number of amides is 1. The molecule has 178 valence electrons. The van der Waals surface area contributed by atoms with Crippen molar-refractivity contribution < 1.29 is 22.0 Å². The van der Waals surface area contributed by atoms with Gasteiger partial charge in [-0.2, -0.15) is 0 Å². The van der Waals surface area contributed by atoms with E-state index in [2.05, 4.69) is 10.6 Å². The molecular formula is C22H26N3O5S3-. The maximum Gasteiger partial charge on any atom is 0.264 e. The number of rotatable bonds is 8. The average molecular weight is 509 g/mol. The molecule has 0 saturated carbocycles. The molecule has 0 saturated heterocycles. The number of thiocarbonyl (C=S) groups is 1. The first-order chi connectivity index (χ1) is 15.4. The van der Waals surface area contributed by atoms with Crippen molar-refractivity contribution in [2.75, 3.05) is 5.32 Å². The summed E-state index contributed by atoms with van der Waals surface area (Å²) in [5, 5.41) is 6.24. The molecule has 0 heterocycles. The van der Waals surface area contributed by atoms with Crippen molar-refractivity contribution >= 4 is 62.2 Å². The van der Waals surface area contributed by atoms with Gasteiger partial charge in [-0.05, 0) is 79.0 Å². The van der Waals surface area contributed by atoms with Gasteiger partial charge in [-0.25, -0.2) is 13.1 Å². The van der Waals surface area contributed by atoms with Gasteiger partial charge < -0.3 is 15.2 Å². The van der Waals surface area contributed by atoms with E-state index < -0.39 is 27.0 Å². The summed E-state index contributed by atoms with van der Waals surface area (Å²) >= 11 is 2.76. The molecule has 3 N–H and O–H groups in total. The van der Waals surface area contributed by atoms with E-state index in [4.69, 9.17) is 12.2 Å². The second-order valence-electron chi connectivity index (χ2n) is 7.50. The predicted octanol–water partition coefficient (Wildman–Crippen LogP) is 3.31. The minimum absolute atomic E-state index is 0.00716. The van der Waals surface area contributed by atoms with Crippen LogP contribution in [-0.4, -0.2) is 34.2 Å². The van der Waals surface area contributed by atoms with Crippen molar-refractivity contribution in [3.63, 3.8) is 0 Å². The number of benzene rings is 2. The monoisotopic (exact) mass is 508 g/mol. The van der Waals surface area contributed by atoms with E-state index in [1.165, 1.54) is 24.3 Å². The van der Waals surface area contributed by atoms with Crippen LogP contribution in [0.15, 0.2) is 46.2 Å². The van der Waals surface area contributed by atoms with Crippen LogP contribution in [0.2, 0.25) is 0 Å². The third kappa shape index (κ3) is 7.74. The number of anilines is 1. The Labute approximate surface area is 202 Å². The Kier molecular flexibility index (Phi) is 9.29. The first-order valence-electron chi connectivity index (χ1n) is 10.1. The molecular weight excluding hydrogens is 482 g/mol. The molecule has 0 radical (unpaired) electrons. The molecule has 0 aromatic heterocycles. The third-order valence-electron chi connectivity index (χ3n) is 4.34. The molecule has 0 spiro atoms. The smallest absolute Gasteiger partial charge is 0.264 e. The molecule has 8 nitrogen and oxygen atoms in total. The van der Waals surface area contributed by atoms with Gasteiger partial charge >= 0.3 is 0 Å². The summed E-state index contributed by atoms with van der Waals surface area (Å²) in [5.41, 5.74) is 1.85. The minimum Gasteiger partial charge on any atom is -0.768 e. The summed E-state index contributed by atoms with van der Waals surface area (Å²) in [7, 11) is -4.20. The van der Waals surface area contributed by atoms with Crippen LogP contribution in [0.3, 0.4) is 0 Å². The summed E-state index contributed by atoms with van der Waals surface area (Å²) in [6.45, 7) is 7.13. The van der Waals surface area contributed by atoms with Crippen molar-refractivity contribution in [1.29, 1.82) is 0 Å². The number of nitrogens with one attached hydrogen (secondary N) is 3. The lowest BCUT2D eigenvalue weighted by Crippen LogP contribution is -2.34. The van der Waals surface area contributed by atoms with Crippen molar-refractivity contribution in [1.82, 2.24) is 10.0 Å². The van der Waals surface area contributed by atoms with Gasteiger partial charge in [-0.3, -0.25) is 9.00 Å². The van der Waals surface area contributed by atoms with Gasteiger partial charge in [0.1, 0.15) is 0 Å². The number of carbonyl (C=O) groups is 1. The number of sulfonamides is 1. The van der Waals surface area contributed by atoms with E-state index in [0.29, 0.717) is 16.4 Å². The lowest BCUT2D eigenvalue weighted by atomic mass is 10.1.